The highest BCUT2D eigenvalue weighted by Crippen LogP contribution is 2.25. The molecule has 35 heavy (non-hydrogen) atoms. The van der Waals surface area contributed by atoms with Gasteiger partial charge in [-0.05, 0) is 42.2 Å². The van der Waals surface area contributed by atoms with Crippen LogP contribution in [-0.2, 0) is 24.9 Å². The topological polar surface area (TPSA) is 92.2 Å². The third-order valence-electron chi connectivity index (χ3n) is 6.56. The van der Waals surface area contributed by atoms with Gasteiger partial charge in [0, 0.05) is 49.8 Å². The second-order valence-corrected chi connectivity index (χ2v) is 8.94. The first-order valence-corrected chi connectivity index (χ1v) is 11.9. The van der Waals surface area contributed by atoms with Crippen LogP contribution in [0.4, 0.5) is 5.69 Å². The summed E-state index contributed by atoms with van der Waals surface area (Å²) in [5.74, 6) is 0.776. The average molecular weight is 472 g/mol. The van der Waals surface area contributed by atoms with Crippen LogP contribution in [0.1, 0.15) is 17.5 Å². The van der Waals surface area contributed by atoms with E-state index in [2.05, 4.69) is 26.4 Å². The number of anilines is 1. The number of carbonyl (C=O) groups excluding carboxylic acids is 1. The fraction of sp³-hybridized carbons (Fsp3) is 0.296. The minimum Gasteiger partial charge on any atom is -0.489 e. The number of hydrogen-bond donors (Lipinski definition) is 2. The average Bonchev–Trinajstić information content (AvgIpc) is 3.53. The normalized spacial score (nSPS) is 15.5. The van der Waals surface area contributed by atoms with Gasteiger partial charge in [0.2, 0.25) is 5.91 Å². The first kappa shape index (κ1) is 22.7. The molecule has 4 aromatic rings. The van der Waals surface area contributed by atoms with E-state index in [9.17, 15) is 9.59 Å². The highest BCUT2D eigenvalue weighted by molar-refractivity contribution is 5.85. The second-order valence-electron chi connectivity index (χ2n) is 8.94. The van der Waals surface area contributed by atoms with E-state index in [-0.39, 0.29) is 17.4 Å². The molecule has 0 aliphatic carbocycles. The lowest BCUT2D eigenvalue weighted by Crippen LogP contribution is -2.34. The van der Waals surface area contributed by atoms with E-state index in [1.165, 1.54) is 4.68 Å². The fourth-order valence-corrected chi connectivity index (χ4v) is 4.50. The molecule has 5 rings (SSSR count). The zero-order chi connectivity index (χ0) is 24.2. The molecule has 180 valence electrons. The number of nitrogens with zero attached hydrogens (tertiary/aromatic N) is 3. The molecule has 2 aromatic heterocycles. The summed E-state index contributed by atoms with van der Waals surface area (Å²) in [6.07, 6.45) is 5.16. The van der Waals surface area contributed by atoms with Crippen molar-refractivity contribution in [1.29, 1.82) is 0 Å². The van der Waals surface area contributed by atoms with Crippen LogP contribution < -0.4 is 20.5 Å². The smallest absolute Gasteiger partial charge is 0.268 e. The first-order valence-electron chi connectivity index (χ1n) is 11.9. The highest BCUT2D eigenvalue weighted by Gasteiger charge is 2.28. The Bertz CT molecular complexity index is 1380. The van der Waals surface area contributed by atoms with Crippen molar-refractivity contribution in [2.45, 2.75) is 19.4 Å². The Labute approximate surface area is 203 Å². The predicted octanol–water partition coefficient (Wildman–Crippen LogP) is 3.03. The van der Waals surface area contributed by atoms with Crippen LogP contribution >= 0.6 is 0 Å². The van der Waals surface area contributed by atoms with Crippen LogP contribution in [0.5, 0.6) is 5.75 Å². The van der Waals surface area contributed by atoms with Crippen LogP contribution in [0, 0.1) is 5.92 Å². The molecule has 1 aliphatic rings. The van der Waals surface area contributed by atoms with Crippen molar-refractivity contribution >= 4 is 22.5 Å². The Hall–Kier alpha value is -4.07. The summed E-state index contributed by atoms with van der Waals surface area (Å²) in [6, 6.07) is 17.7. The molecule has 2 N–H and O–H groups in total. The first-order chi connectivity index (χ1) is 17.1. The molecule has 1 amide bonds. The van der Waals surface area contributed by atoms with Crippen LogP contribution in [0.3, 0.4) is 0 Å². The lowest BCUT2D eigenvalue weighted by molar-refractivity contribution is -0.124. The molecular formula is C27H29N5O3. The van der Waals surface area contributed by atoms with Crippen molar-refractivity contribution in [1.82, 2.24) is 20.1 Å². The SMILES string of the molecule is Cn1ncc(N2CCC(C(=O)NCCc3c[nH]c4ccc(OCc5ccccc5)cc34)C2)cc1=O. The van der Waals surface area contributed by atoms with Gasteiger partial charge in [-0.3, -0.25) is 9.59 Å². The lowest BCUT2D eigenvalue weighted by Gasteiger charge is -2.18. The number of aryl methyl sites for hydroxylation is 1. The van der Waals surface area contributed by atoms with E-state index < -0.39 is 0 Å². The number of benzene rings is 2. The molecule has 1 fully saturated rings. The molecule has 0 bridgehead atoms. The number of fused-ring (bicyclic) bond motifs is 1. The third-order valence-corrected chi connectivity index (χ3v) is 6.56. The van der Waals surface area contributed by atoms with Crippen LogP contribution in [0.15, 0.2) is 71.8 Å². The summed E-state index contributed by atoms with van der Waals surface area (Å²) in [4.78, 5) is 30.0. The molecule has 3 heterocycles. The molecule has 1 atom stereocenters. The van der Waals surface area contributed by atoms with Gasteiger partial charge in [0.15, 0.2) is 0 Å². The second kappa shape index (κ2) is 10.0. The minimum atomic E-state index is -0.150. The minimum absolute atomic E-state index is 0.0519. The Balaban J connectivity index is 1.15. The van der Waals surface area contributed by atoms with Crippen molar-refractivity contribution in [2.24, 2.45) is 13.0 Å². The summed E-state index contributed by atoms with van der Waals surface area (Å²) in [5, 5.41) is 8.27. The van der Waals surface area contributed by atoms with Gasteiger partial charge in [-0.1, -0.05) is 30.3 Å². The summed E-state index contributed by atoms with van der Waals surface area (Å²) < 4.78 is 7.28. The summed E-state index contributed by atoms with van der Waals surface area (Å²) >= 11 is 0. The van der Waals surface area contributed by atoms with Gasteiger partial charge in [0.1, 0.15) is 12.4 Å². The van der Waals surface area contributed by atoms with E-state index in [4.69, 9.17) is 4.74 Å². The number of ether oxygens (including phenoxy) is 1. The fourth-order valence-electron chi connectivity index (χ4n) is 4.50. The van der Waals surface area contributed by atoms with Crippen molar-refractivity contribution in [3.05, 3.63) is 88.5 Å². The van der Waals surface area contributed by atoms with E-state index >= 15 is 0 Å². The van der Waals surface area contributed by atoms with Gasteiger partial charge in [-0.25, -0.2) is 4.68 Å². The number of amides is 1. The number of hydrogen-bond acceptors (Lipinski definition) is 5. The Kier molecular flexibility index (Phi) is 6.52. The number of aromatic nitrogens is 3. The monoisotopic (exact) mass is 471 g/mol. The Morgan fingerprint density at radius 1 is 1.20 bits per heavy atom. The molecule has 0 radical (unpaired) electrons. The maximum absolute atomic E-state index is 12.8. The number of H-pyrrole nitrogens is 1. The van der Waals surface area contributed by atoms with E-state index in [0.717, 1.165) is 52.9 Å². The van der Waals surface area contributed by atoms with Gasteiger partial charge in [0.05, 0.1) is 17.8 Å². The van der Waals surface area contributed by atoms with Crippen LogP contribution in [0.2, 0.25) is 0 Å². The Morgan fingerprint density at radius 2 is 2.06 bits per heavy atom. The number of rotatable bonds is 8. The maximum atomic E-state index is 12.8. The summed E-state index contributed by atoms with van der Waals surface area (Å²) in [7, 11) is 1.62. The standard InChI is InChI=1S/C27H29N5O3/c1-31-26(33)13-22(16-30-31)32-12-10-21(17-32)27(34)28-11-9-20-15-29-25-8-7-23(14-24(20)25)35-18-19-5-3-2-4-6-19/h2-8,13-16,21,29H,9-12,17-18H2,1H3,(H,28,34). The van der Waals surface area contributed by atoms with Crippen LogP contribution in [-0.4, -0.2) is 40.3 Å². The van der Waals surface area contributed by atoms with Gasteiger partial charge >= 0.3 is 0 Å². The Morgan fingerprint density at radius 3 is 2.89 bits per heavy atom. The molecular weight excluding hydrogens is 442 g/mol. The van der Waals surface area contributed by atoms with E-state index in [0.29, 0.717) is 19.7 Å². The highest BCUT2D eigenvalue weighted by atomic mass is 16.5. The van der Waals surface area contributed by atoms with E-state index in [1.807, 2.05) is 48.7 Å². The quantitative estimate of drug-likeness (QED) is 0.412. The van der Waals surface area contributed by atoms with Crippen molar-refractivity contribution in [3.8, 4) is 5.75 Å². The number of aromatic amines is 1. The third kappa shape index (κ3) is 5.21. The summed E-state index contributed by atoms with van der Waals surface area (Å²) in [5.41, 5.74) is 3.94. The zero-order valence-corrected chi connectivity index (χ0v) is 19.7. The molecule has 2 aromatic carbocycles. The van der Waals surface area contributed by atoms with Gasteiger partial charge in [0.25, 0.3) is 5.56 Å². The molecule has 1 unspecified atom stereocenters. The number of nitrogens with one attached hydrogen (secondary N) is 2. The molecule has 8 nitrogen and oxygen atoms in total. The van der Waals surface area contributed by atoms with Gasteiger partial charge < -0.3 is 19.9 Å². The van der Waals surface area contributed by atoms with Crippen LogP contribution in [0.25, 0.3) is 10.9 Å². The van der Waals surface area contributed by atoms with Crippen molar-refractivity contribution in [2.75, 3.05) is 24.5 Å². The van der Waals surface area contributed by atoms with Gasteiger partial charge in [-0.2, -0.15) is 5.10 Å². The molecule has 1 saturated heterocycles. The van der Waals surface area contributed by atoms with Gasteiger partial charge in [-0.15, -0.1) is 0 Å². The number of carbonyl (C=O) groups is 1. The lowest BCUT2D eigenvalue weighted by atomic mass is 10.1. The van der Waals surface area contributed by atoms with Crippen molar-refractivity contribution in [3.63, 3.8) is 0 Å². The molecule has 8 heteroatoms. The zero-order valence-electron chi connectivity index (χ0n) is 19.7. The van der Waals surface area contributed by atoms with E-state index in [1.54, 1.807) is 19.3 Å². The summed E-state index contributed by atoms with van der Waals surface area (Å²) in [6.45, 7) is 2.41. The molecule has 0 saturated carbocycles. The molecule has 0 spiro atoms. The van der Waals surface area contributed by atoms with Crippen molar-refractivity contribution < 1.29 is 9.53 Å². The largest absolute Gasteiger partial charge is 0.489 e. The predicted molar refractivity (Wildman–Crippen MR) is 136 cm³/mol. The molecule has 1 aliphatic heterocycles. The maximum Gasteiger partial charge on any atom is 0.268 e.